The van der Waals surface area contributed by atoms with Crippen LogP contribution in [0.15, 0.2) is 0 Å². The highest BCUT2D eigenvalue weighted by molar-refractivity contribution is 5.77. The Morgan fingerprint density at radius 3 is 2.56 bits per heavy atom. The van der Waals surface area contributed by atoms with E-state index in [2.05, 4.69) is 6.92 Å². The predicted octanol–water partition coefficient (Wildman–Crippen LogP) is -2.56. The first kappa shape index (κ1) is 13.7. The van der Waals surface area contributed by atoms with Gasteiger partial charge in [0.15, 0.2) is 6.67 Å². The molecule has 0 aromatic rings. The third-order valence-electron chi connectivity index (χ3n) is 3.73. The number of hydrogen-bond acceptors (Lipinski definition) is 2. The molecule has 0 aromatic heterocycles. The second-order valence-electron chi connectivity index (χ2n) is 4.62. The minimum Gasteiger partial charge on any atom is -1.00 e. The zero-order valence-corrected chi connectivity index (χ0v) is 10.7. The largest absolute Gasteiger partial charge is 1.00 e. The summed E-state index contributed by atoms with van der Waals surface area (Å²) in [5.41, 5.74) is 0. The molecule has 0 spiro atoms. The van der Waals surface area contributed by atoms with Crippen molar-refractivity contribution in [2.45, 2.75) is 19.8 Å². The zero-order chi connectivity index (χ0) is 10.7. The Labute approximate surface area is 104 Å². The Balaban J connectivity index is 0.00000128. The molecule has 5 heteroatoms. The van der Waals surface area contributed by atoms with E-state index in [0.29, 0.717) is 5.91 Å². The highest BCUT2D eigenvalue weighted by atomic mass is 35.5. The van der Waals surface area contributed by atoms with Crippen molar-refractivity contribution in [2.24, 2.45) is 0 Å². The maximum atomic E-state index is 11.6. The third kappa shape index (κ3) is 2.87. The molecular weight excluding hydrogens is 228 g/mol. The fraction of sp³-hybridized carbons (Fsp3) is 0.909. The number of likely N-dealkylation sites (N-methyl/N-ethyl adjacent to an activating group) is 1. The van der Waals surface area contributed by atoms with Crippen molar-refractivity contribution in [1.82, 2.24) is 4.90 Å². The lowest BCUT2D eigenvalue weighted by molar-refractivity contribution is -0.941. The second-order valence-corrected chi connectivity index (χ2v) is 4.62. The van der Waals surface area contributed by atoms with Gasteiger partial charge in [-0.3, -0.25) is 9.69 Å². The molecule has 0 aliphatic carbocycles. The van der Waals surface area contributed by atoms with Gasteiger partial charge in [0, 0.05) is 13.0 Å². The van der Waals surface area contributed by atoms with E-state index in [0.717, 1.165) is 63.4 Å². The Morgan fingerprint density at radius 1 is 1.38 bits per heavy atom. The normalized spacial score (nSPS) is 24.3. The van der Waals surface area contributed by atoms with Crippen LogP contribution in [0, 0.1) is 0 Å². The van der Waals surface area contributed by atoms with Crippen LogP contribution in [0.3, 0.4) is 0 Å². The maximum Gasteiger partial charge on any atom is 0.226 e. The third-order valence-corrected chi connectivity index (χ3v) is 3.73. The van der Waals surface area contributed by atoms with Crippen molar-refractivity contribution in [3.05, 3.63) is 0 Å². The minimum absolute atomic E-state index is 0. The lowest BCUT2D eigenvalue weighted by atomic mass is 10.3. The SMILES string of the molecule is CC[N+]1(CN2CCCC2=O)CCOCC1.[Cl-]. The average Bonchev–Trinajstić information content (AvgIpc) is 2.66. The molecule has 1 amide bonds. The molecular formula is C11H21ClN2O2. The van der Waals surface area contributed by atoms with Gasteiger partial charge in [0.2, 0.25) is 5.91 Å². The summed E-state index contributed by atoms with van der Waals surface area (Å²) in [5, 5.41) is 0. The van der Waals surface area contributed by atoms with Crippen LogP contribution in [-0.2, 0) is 9.53 Å². The van der Waals surface area contributed by atoms with Gasteiger partial charge >= 0.3 is 0 Å². The van der Waals surface area contributed by atoms with E-state index in [1.807, 2.05) is 4.90 Å². The molecule has 2 aliphatic rings. The minimum atomic E-state index is 0. The van der Waals surface area contributed by atoms with Crippen molar-refractivity contribution >= 4 is 5.91 Å². The van der Waals surface area contributed by atoms with Gasteiger partial charge in [0.1, 0.15) is 13.1 Å². The van der Waals surface area contributed by atoms with Crippen LogP contribution in [0.25, 0.3) is 0 Å². The number of halogens is 1. The Kier molecular flexibility index (Phi) is 5.02. The van der Waals surface area contributed by atoms with Gasteiger partial charge in [0.25, 0.3) is 0 Å². The monoisotopic (exact) mass is 248 g/mol. The fourth-order valence-corrected chi connectivity index (χ4v) is 2.50. The van der Waals surface area contributed by atoms with Crippen molar-refractivity contribution in [3.8, 4) is 0 Å². The smallest absolute Gasteiger partial charge is 0.226 e. The standard InChI is InChI=1S/C11H21N2O2.ClH/c1-2-13(6-8-15-9-7-13)10-12-5-3-4-11(12)14;/h2-10H2,1H3;1H/q+1;/p-1. The fourth-order valence-electron chi connectivity index (χ4n) is 2.50. The van der Waals surface area contributed by atoms with Crippen LogP contribution >= 0.6 is 0 Å². The van der Waals surface area contributed by atoms with Crippen molar-refractivity contribution in [3.63, 3.8) is 0 Å². The molecule has 0 unspecified atom stereocenters. The number of likely N-dealkylation sites (tertiary alicyclic amines) is 1. The summed E-state index contributed by atoms with van der Waals surface area (Å²) >= 11 is 0. The van der Waals surface area contributed by atoms with E-state index in [1.165, 1.54) is 0 Å². The van der Waals surface area contributed by atoms with Gasteiger partial charge in [-0.1, -0.05) is 0 Å². The van der Waals surface area contributed by atoms with Gasteiger partial charge < -0.3 is 21.6 Å². The number of morpholine rings is 1. The molecule has 0 atom stereocenters. The van der Waals surface area contributed by atoms with Gasteiger partial charge in [-0.25, -0.2) is 0 Å². The molecule has 0 aromatic carbocycles. The number of ether oxygens (including phenoxy) is 1. The van der Waals surface area contributed by atoms with Crippen LogP contribution in [-0.4, -0.2) is 61.4 Å². The summed E-state index contributed by atoms with van der Waals surface area (Å²) < 4.78 is 6.43. The number of hydrogen-bond donors (Lipinski definition) is 0. The quantitative estimate of drug-likeness (QED) is 0.515. The number of nitrogens with zero attached hydrogens (tertiary/aromatic N) is 2. The predicted molar refractivity (Wildman–Crippen MR) is 57.2 cm³/mol. The number of quaternary nitrogens is 1. The molecule has 2 saturated heterocycles. The topological polar surface area (TPSA) is 29.5 Å². The van der Waals surface area contributed by atoms with Gasteiger partial charge in [-0.05, 0) is 13.3 Å². The number of carbonyl (C=O) groups is 1. The summed E-state index contributed by atoms with van der Waals surface area (Å²) in [6, 6.07) is 0. The van der Waals surface area contributed by atoms with E-state index in [4.69, 9.17) is 4.74 Å². The molecule has 2 fully saturated rings. The van der Waals surface area contributed by atoms with Gasteiger partial charge in [0.05, 0.1) is 19.8 Å². The maximum absolute atomic E-state index is 11.6. The van der Waals surface area contributed by atoms with Crippen molar-refractivity contribution in [2.75, 3.05) is 46.1 Å². The summed E-state index contributed by atoms with van der Waals surface area (Å²) in [7, 11) is 0. The van der Waals surface area contributed by atoms with Crippen LogP contribution in [0.2, 0.25) is 0 Å². The molecule has 0 bridgehead atoms. The van der Waals surface area contributed by atoms with E-state index < -0.39 is 0 Å². The number of amides is 1. The van der Waals surface area contributed by atoms with Crippen LogP contribution in [0.5, 0.6) is 0 Å². The first-order valence-corrected chi connectivity index (χ1v) is 5.96. The first-order valence-electron chi connectivity index (χ1n) is 5.96. The molecule has 94 valence electrons. The molecule has 0 radical (unpaired) electrons. The summed E-state index contributed by atoms with van der Waals surface area (Å²) in [4.78, 5) is 13.6. The lowest BCUT2D eigenvalue weighted by Gasteiger charge is -2.42. The summed E-state index contributed by atoms with van der Waals surface area (Å²) in [6.45, 7) is 8.98. The zero-order valence-electron chi connectivity index (χ0n) is 9.95. The molecule has 2 rings (SSSR count). The Hall–Kier alpha value is -0.320. The van der Waals surface area contributed by atoms with E-state index in [1.54, 1.807) is 0 Å². The molecule has 2 aliphatic heterocycles. The molecule has 4 nitrogen and oxygen atoms in total. The average molecular weight is 249 g/mol. The van der Waals surface area contributed by atoms with Crippen LogP contribution < -0.4 is 12.4 Å². The second kappa shape index (κ2) is 5.84. The van der Waals surface area contributed by atoms with Crippen LogP contribution in [0.1, 0.15) is 19.8 Å². The highest BCUT2D eigenvalue weighted by Gasteiger charge is 2.33. The van der Waals surface area contributed by atoms with E-state index >= 15 is 0 Å². The highest BCUT2D eigenvalue weighted by Crippen LogP contribution is 2.17. The van der Waals surface area contributed by atoms with E-state index in [9.17, 15) is 4.79 Å². The van der Waals surface area contributed by atoms with Crippen molar-refractivity contribution in [1.29, 1.82) is 0 Å². The van der Waals surface area contributed by atoms with Gasteiger partial charge in [-0.2, -0.15) is 0 Å². The molecule has 16 heavy (non-hydrogen) atoms. The molecule has 0 saturated carbocycles. The number of carbonyl (C=O) groups excluding carboxylic acids is 1. The van der Waals surface area contributed by atoms with Crippen LogP contribution in [0.4, 0.5) is 0 Å². The Bertz CT molecular complexity index is 242. The Morgan fingerprint density at radius 2 is 2.06 bits per heavy atom. The summed E-state index contributed by atoms with van der Waals surface area (Å²) in [6.07, 6.45) is 1.79. The summed E-state index contributed by atoms with van der Waals surface area (Å²) in [5.74, 6) is 0.340. The molecule has 0 N–H and O–H groups in total. The first-order chi connectivity index (χ1) is 7.26. The molecule has 2 heterocycles. The van der Waals surface area contributed by atoms with Crippen molar-refractivity contribution < 1.29 is 26.4 Å². The lowest BCUT2D eigenvalue weighted by Crippen LogP contribution is -3.00. The van der Waals surface area contributed by atoms with E-state index in [-0.39, 0.29) is 12.4 Å². The van der Waals surface area contributed by atoms with Gasteiger partial charge in [-0.15, -0.1) is 0 Å². The number of rotatable bonds is 3.